The molecule has 2 atom stereocenters. The fourth-order valence-corrected chi connectivity index (χ4v) is 7.04. The molecule has 2 aliphatic rings. The van der Waals surface area contributed by atoms with Crippen molar-refractivity contribution in [2.24, 2.45) is 5.92 Å². The first-order valence-corrected chi connectivity index (χ1v) is 14.6. The van der Waals surface area contributed by atoms with Gasteiger partial charge in [-0.15, -0.1) is 25.2 Å². The Morgan fingerprint density at radius 3 is 2.79 bits per heavy atom. The first kappa shape index (κ1) is 26.2. The molecule has 39 heavy (non-hydrogen) atoms. The van der Waals surface area contributed by atoms with E-state index in [1.165, 1.54) is 58.0 Å². The van der Waals surface area contributed by atoms with E-state index in [1.807, 2.05) is 11.3 Å². The minimum Gasteiger partial charge on any atom is -0.395 e. The Bertz CT molecular complexity index is 1520. The van der Waals surface area contributed by atoms with E-state index in [4.69, 9.17) is 15.5 Å². The summed E-state index contributed by atoms with van der Waals surface area (Å²) in [6.07, 6.45) is 4.12. The summed E-state index contributed by atoms with van der Waals surface area (Å²) in [5.74, 6) is 1.24. The lowest BCUT2D eigenvalue weighted by Crippen LogP contribution is -2.34. The van der Waals surface area contributed by atoms with Crippen molar-refractivity contribution in [3.05, 3.63) is 39.3 Å². The third-order valence-corrected chi connectivity index (χ3v) is 9.35. The molecule has 0 saturated carbocycles. The number of fused-ring (bicyclic) bond motifs is 5. The van der Waals surface area contributed by atoms with Gasteiger partial charge in [0.2, 0.25) is 5.95 Å². The highest BCUT2D eigenvalue weighted by atomic mass is 32.1. The third-order valence-electron chi connectivity index (χ3n) is 8.20. The van der Waals surface area contributed by atoms with Crippen LogP contribution in [0, 0.1) is 12.8 Å². The minimum absolute atomic E-state index is 0.0569. The van der Waals surface area contributed by atoms with Crippen molar-refractivity contribution < 1.29 is 18.3 Å². The zero-order valence-electron chi connectivity index (χ0n) is 22.5. The number of thiophene rings is 1. The van der Waals surface area contributed by atoms with E-state index in [0.29, 0.717) is 29.3 Å². The number of halogens is 2. The molecule has 1 aromatic carbocycles. The van der Waals surface area contributed by atoms with E-state index in [0.717, 1.165) is 25.4 Å². The van der Waals surface area contributed by atoms with Crippen molar-refractivity contribution >= 4 is 33.8 Å². The van der Waals surface area contributed by atoms with E-state index in [9.17, 15) is 8.78 Å². The summed E-state index contributed by atoms with van der Waals surface area (Å²) in [4.78, 5) is 14.5. The van der Waals surface area contributed by atoms with Crippen LogP contribution in [0.5, 0.6) is 11.5 Å². The van der Waals surface area contributed by atoms with Gasteiger partial charge in [0.05, 0.1) is 0 Å². The summed E-state index contributed by atoms with van der Waals surface area (Å²) < 4.78 is 38.0. The molecule has 0 spiro atoms. The summed E-state index contributed by atoms with van der Waals surface area (Å²) in [5.41, 5.74) is 8.28. The van der Waals surface area contributed by atoms with Gasteiger partial charge in [0.25, 0.3) is 0 Å². The number of alkyl halides is 2. The molecule has 6 rings (SSSR count). The van der Waals surface area contributed by atoms with Gasteiger partial charge in [0, 0.05) is 34.1 Å². The van der Waals surface area contributed by atoms with Crippen LogP contribution in [0.1, 0.15) is 60.7 Å². The molecule has 2 unspecified atom stereocenters. The third kappa shape index (κ3) is 5.14. The SMILES string of the molecule is CCc1cc(CCC2CCC(C)N(CCc3nc4c5ccc6c(c5nc(N)n4n3)OC(F)(F)O6)CC2)sc1C. The zero-order chi connectivity index (χ0) is 27.3. The second-order valence-electron chi connectivity index (χ2n) is 10.7. The van der Waals surface area contributed by atoms with Gasteiger partial charge in [-0.3, -0.25) is 0 Å². The molecule has 5 heterocycles. The van der Waals surface area contributed by atoms with Crippen LogP contribution in [0.3, 0.4) is 0 Å². The molecule has 2 aliphatic heterocycles. The van der Waals surface area contributed by atoms with Gasteiger partial charge in [-0.25, -0.2) is 9.97 Å². The number of nitrogens with two attached hydrogens (primary N) is 1. The number of anilines is 1. The predicted octanol–water partition coefficient (Wildman–Crippen LogP) is 5.78. The Hall–Kier alpha value is -3.05. The maximum atomic E-state index is 13.7. The van der Waals surface area contributed by atoms with Gasteiger partial charge in [0.15, 0.2) is 23.0 Å². The Balaban J connectivity index is 1.12. The van der Waals surface area contributed by atoms with E-state index in [1.54, 1.807) is 6.07 Å². The quantitative estimate of drug-likeness (QED) is 0.309. The Morgan fingerprint density at radius 1 is 1.15 bits per heavy atom. The molecule has 208 valence electrons. The summed E-state index contributed by atoms with van der Waals surface area (Å²) in [7, 11) is 0. The zero-order valence-corrected chi connectivity index (χ0v) is 23.4. The molecule has 11 heteroatoms. The molecule has 8 nitrogen and oxygen atoms in total. The fraction of sp³-hybridized carbons (Fsp3) is 0.536. The molecule has 0 radical (unpaired) electrons. The number of aromatic nitrogens is 4. The molecule has 4 aromatic rings. The second-order valence-corrected chi connectivity index (χ2v) is 12.1. The van der Waals surface area contributed by atoms with Crippen LogP contribution in [0.15, 0.2) is 18.2 Å². The lowest BCUT2D eigenvalue weighted by Gasteiger charge is -2.26. The van der Waals surface area contributed by atoms with Crippen molar-refractivity contribution in [1.29, 1.82) is 0 Å². The maximum Gasteiger partial charge on any atom is 0.586 e. The minimum atomic E-state index is -3.73. The van der Waals surface area contributed by atoms with Crippen LogP contribution in [-0.4, -0.2) is 49.9 Å². The van der Waals surface area contributed by atoms with Crippen LogP contribution >= 0.6 is 11.3 Å². The smallest absolute Gasteiger partial charge is 0.395 e. The number of ether oxygens (including phenoxy) is 2. The Labute approximate surface area is 230 Å². The summed E-state index contributed by atoms with van der Waals surface area (Å²) in [5, 5.41) is 5.11. The Kier molecular flexibility index (Phi) is 6.83. The van der Waals surface area contributed by atoms with Crippen LogP contribution in [-0.2, 0) is 19.3 Å². The largest absolute Gasteiger partial charge is 0.586 e. The van der Waals surface area contributed by atoms with Gasteiger partial charge in [-0.05, 0) is 88.6 Å². The first-order chi connectivity index (χ1) is 18.7. The molecule has 0 aliphatic carbocycles. The van der Waals surface area contributed by atoms with Crippen molar-refractivity contribution in [3.63, 3.8) is 0 Å². The summed E-state index contributed by atoms with van der Waals surface area (Å²) in [6.45, 7) is 8.68. The lowest BCUT2D eigenvalue weighted by atomic mass is 9.94. The standard InChI is InChI=1S/C28H34F2N6O2S/c1-4-19-15-20(39-17(19)3)8-7-18-6-5-16(2)35(13-11-18)14-12-23-32-26-21-9-10-22-25(38-28(29,30)37-22)24(21)33-27(31)36(26)34-23/h9-10,15-16,18H,4-8,11-14H2,1-3H3,(H2,31,33). The number of aryl methyl sites for hydroxylation is 3. The molecule has 3 aromatic heterocycles. The highest BCUT2D eigenvalue weighted by Crippen LogP contribution is 2.45. The number of nitrogen functional groups attached to an aromatic ring is 1. The van der Waals surface area contributed by atoms with Crippen LogP contribution < -0.4 is 15.2 Å². The number of benzene rings is 1. The van der Waals surface area contributed by atoms with Crippen LogP contribution in [0.2, 0.25) is 0 Å². The first-order valence-electron chi connectivity index (χ1n) is 13.8. The average molecular weight is 557 g/mol. The second kappa shape index (κ2) is 10.2. The van der Waals surface area contributed by atoms with Gasteiger partial charge in [-0.1, -0.05) is 6.92 Å². The maximum absolute atomic E-state index is 13.7. The Morgan fingerprint density at radius 2 is 2.00 bits per heavy atom. The highest BCUT2D eigenvalue weighted by Gasteiger charge is 2.45. The van der Waals surface area contributed by atoms with Crippen molar-refractivity contribution in [1.82, 2.24) is 24.5 Å². The molecule has 0 amide bonds. The van der Waals surface area contributed by atoms with Crippen molar-refractivity contribution in [2.45, 2.75) is 78.1 Å². The summed E-state index contributed by atoms with van der Waals surface area (Å²) in [6, 6.07) is 5.97. The fourth-order valence-electron chi connectivity index (χ4n) is 5.89. The van der Waals surface area contributed by atoms with Crippen molar-refractivity contribution in [2.75, 3.05) is 18.8 Å². The monoisotopic (exact) mass is 556 g/mol. The van der Waals surface area contributed by atoms with Gasteiger partial charge in [-0.2, -0.15) is 4.52 Å². The highest BCUT2D eigenvalue weighted by molar-refractivity contribution is 7.12. The van der Waals surface area contributed by atoms with E-state index in [2.05, 4.69) is 46.6 Å². The van der Waals surface area contributed by atoms with Crippen LogP contribution in [0.4, 0.5) is 14.7 Å². The molecular formula is C28H34F2N6O2S. The predicted molar refractivity (Wildman–Crippen MR) is 148 cm³/mol. The topological polar surface area (TPSA) is 90.8 Å². The van der Waals surface area contributed by atoms with Gasteiger partial charge in [0.1, 0.15) is 5.52 Å². The number of likely N-dealkylation sites (tertiary alicyclic amines) is 1. The number of hydrogen-bond donors (Lipinski definition) is 1. The van der Waals surface area contributed by atoms with E-state index >= 15 is 0 Å². The van der Waals surface area contributed by atoms with E-state index in [-0.39, 0.29) is 23.0 Å². The lowest BCUT2D eigenvalue weighted by molar-refractivity contribution is -0.286. The molecular weight excluding hydrogens is 522 g/mol. The van der Waals surface area contributed by atoms with E-state index < -0.39 is 6.29 Å². The molecule has 1 saturated heterocycles. The average Bonchev–Trinajstić information content (AvgIpc) is 3.55. The van der Waals surface area contributed by atoms with Gasteiger partial charge >= 0.3 is 6.29 Å². The molecule has 1 fully saturated rings. The number of hydrogen-bond acceptors (Lipinski definition) is 8. The number of rotatable bonds is 7. The normalized spacial score (nSPS) is 21.2. The summed E-state index contributed by atoms with van der Waals surface area (Å²) >= 11 is 1.96. The van der Waals surface area contributed by atoms with Crippen LogP contribution in [0.25, 0.3) is 16.6 Å². The van der Waals surface area contributed by atoms with Crippen molar-refractivity contribution in [3.8, 4) is 11.5 Å². The van der Waals surface area contributed by atoms with Gasteiger partial charge < -0.3 is 20.1 Å². The number of nitrogens with zero attached hydrogens (tertiary/aromatic N) is 5. The molecule has 0 bridgehead atoms. The molecule has 2 N–H and O–H groups in total.